The minimum absolute atomic E-state index is 0.0157. The summed E-state index contributed by atoms with van der Waals surface area (Å²) >= 11 is 0. The Balaban J connectivity index is 1.66. The molecule has 0 saturated carbocycles. The van der Waals surface area contributed by atoms with Gasteiger partial charge < -0.3 is 4.74 Å². The van der Waals surface area contributed by atoms with E-state index in [4.69, 9.17) is 4.74 Å². The van der Waals surface area contributed by atoms with Gasteiger partial charge in [-0.05, 0) is 35.4 Å². The Kier molecular flexibility index (Phi) is 5.71. The van der Waals surface area contributed by atoms with Crippen molar-refractivity contribution in [3.63, 3.8) is 0 Å². The number of benzene rings is 4. The molecule has 4 aromatic carbocycles. The molecule has 6 heteroatoms. The average Bonchev–Trinajstić information content (AvgIpc) is 2.78. The second-order valence-electron chi connectivity index (χ2n) is 6.81. The number of hydrogen-bond acceptors (Lipinski definition) is 1. The number of rotatable bonds is 5. The van der Waals surface area contributed by atoms with E-state index in [-0.39, 0.29) is 23.5 Å². The van der Waals surface area contributed by atoms with Crippen molar-refractivity contribution in [1.29, 1.82) is 0 Å². The van der Waals surface area contributed by atoms with Crippen LogP contribution in [-0.2, 0) is 6.61 Å². The molecule has 0 heterocycles. The summed E-state index contributed by atoms with van der Waals surface area (Å²) in [5.41, 5.74) is -0.216. The summed E-state index contributed by atoms with van der Waals surface area (Å²) in [5.74, 6) is -6.27. The Morgan fingerprint density at radius 3 is 1.87 bits per heavy atom. The van der Waals surface area contributed by atoms with Gasteiger partial charge in [-0.25, -0.2) is 17.6 Å². The molecule has 0 aromatic heterocycles. The molecule has 0 fully saturated rings. The van der Waals surface area contributed by atoms with Crippen molar-refractivity contribution in [3.8, 4) is 28.0 Å². The first-order valence-corrected chi connectivity index (χ1v) is 9.34. The van der Waals surface area contributed by atoms with Crippen molar-refractivity contribution in [2.75, 3.05) is 0 Å². The summed E-state index contributed by atoms with van der Waals surface area (Å²) in [5, 5.41) is 0. The first kappa shape index (κ1) is 20.6. The van der Waals surface area contributed by atoms with Gasteiger partial charge in [0.05, 0.1) is 0 Å². The van der Waals surface area contributed by atoms with Gasteiger partial charge in [0.15, 0.2) is 23.2 Å². The molecule has 1 nitrogen and oxygen atoms in total. The molecule has 4 aromatic rings. The summed E-state index contributed by atoms with van der Waals surface area (Å²) in [6, 6.07) is 18.5. The van der Waals surface area contributed by atoms with E-state index in [0.717, 1.165) is 29.8 Å². The molecule has 0 aliphatic heterocycles. The largest absolute Gasteiger partial charge is 0.486 e. The summed E-state index contributed by atoms with van der Waals surface area (Å²) in [6.07, 6.45) is 0. The Morgan fingerprint density at radius 1 is 0.548 bits per heavy atom. The highest BCUT2D eigenvalue weighted by atomic mass is 19.2. The van der Waals surface area contributed by atoms with Gasteiger partial charge in [0, 0.05) is 16.7 Å². The van der Waals surface area contributed by atoms with Gasteiger partial charge in [0.2, 0.25) is 5.82 Å². The predicted octanol–water partition coefficient (Wildman–Crippen LogP) is 7.30. The van der Waals surface area contributed by atoms with Crippen LogP contribution in [0.2, 0.25) is 0 Å². The van der Waals surface area contributed by atoms with Gasteiger partial charge in [-0.2, -0.15) is 4.39 Å². The van der Waals surface area contributed by atoms with E-state index in [9.17, 15) is 22.0 Å². The van der Waals surface area contributed by atoms with Gasteiger partial charge in [0.25, 0.3) is 0 Å². The standard InChI is InChI=1S/C25H15F5O/c26-17-8-4-7-16(13-17)18-9-10-19(23(28)22(18)27)20-11-12-21(25(30)24(20)29)31-14-15-5-2-1-3-6-15/h1-13H,14H2. The van der Waals surface area contributed by atoms with Crippen LogP contribution in [0.25, 0.3) is 22.3 Å². The van der Waals surface area contributed by atoms with Crippen molar-refractivity contribution in [3.05, 3.63) is 114 Å². The molecule has 4 rings (SSSR count). The smallest absolute Gasteiger partial charge is 0.201 e. The fourth-order valence-electron chi connectivity index (χ4n) is 3.22. The molecule has 0 bridgehead atoms. The quantitative estimate of drug-likeness (QED) is 0.304. The molecule has 0 aliphatic carbocycles. The maximum absolute atomic E-state index is 14.7. The summed E-state index contributed by atoms with van der Waals surface area (Å²) < 4.78 is 77.3. The molecule has 0 amide bonds. The molecule has 0 aliphatic rings. The highest BCUT2D eigenvalue weighted by Crippen LogP contribution is 2.35. The maximum Gasteiger partial charge on any atom is 0.201 e. The third-order valence-corrected chi connectivity index (χ3v) is 4.79. The molecule has 0 atom stereocenters. The van der Waals surface area contributed by atoms with E-state index in [1.54, 1.807) is 24.3 Å². The zero-order chi connectivity index (χ0) is 22.0. The molecular weight excluding hydrogens is 411 g/mol. The van der Waals surface area contributed by atoms with Crippen LogP contribution >= 0.6 is 0 Å². The molecule has 0 saturated heterocycles. The summed E-state index contributed by atoms with van der Waals surface area (Å²) in [6.45, 7) is 0.0157. The van der Waals surface area contributed by atoms with E-state index in [1.165, 1.54) is 24.3 Å². The number of ether oxygens (including phenoxy) is 1. The molecule has 156 valence electrons. The van der Waals surface area contributed by atoms with E-state index < -0.39 is 40.2 Å². The van der Waals surface area contributed by atoms with Crippen LogP contribution in [0, 0.1) is 29.1 Å². The summed E-state index contributed by atoms with van der Waals surface area (Å²) in [7, 11) is 0. The second kappa shape index (κ2) is 8.60. The van der Waals surface area contributed by atoms with Crippen LogP contribution < -0.4 is 4.74 Å². The average molecular weight is 426 g/mol. The summed E-state index contributed by atoms with van der Waals surface area (Å²) in [4.78, 5) is 0. The maximum atomic E-state index is 14.7. The lowest BCUT2D eigenvalue weighted by atomic mass is 9.98. The normalized spacial score (nSPS) is 10.9. The van der Waals surface area contributed by atoms with Crippen molar-refractivity contribution in [2.24, 2.45) is 0 Å². The molecule has 0 unspecified atom stereocenters. The Hall–Kier alpha value is -3.67. The number of halogens is 5. The first-order valence-electron chi connectivity index (χ1n) is 9.34. The molecule has 0 spiro atoms. The minimum Gasteiger partial charge on any atom is -0.486 e. The lowest BCUT2D eigenvalue weighted by Crippen LogP contribution is -2.01. The van der Waals surface area contributed by atoms with Gasteiger partial charge in [0.1, 0.15) is 12.4 Å². The Bertz CT molecular complexity index is 1240. The van der Waals surface area contributed by atoms with Crippen LogP contribution in [0.3, 0.4) is 0 Å². The van der Waals surface area contributed by atoms with Crippen LogP contribution in [0.15, 0.2) is 78.9 Å². The van der Waals surface area contributed by atoms with E-state index >= 15 is 0 Å². The fourth-order valence-corrected chi connectivity index (χ4v) is 3.22. The molecular formula is C25H15F5O. The van der Waals surface area contributed by atoms with Gasteiger partial charge in [-0.15, -0.1) is 0 Å². The lowest BCUT2D eigenvalue weighted by Gasteiger charge is -2.13. The molecule has 31 heavy (non-hydrogen) atoms. The zero-order valence-corrected chi connectivity index (χ0v) is 16.0. The zero-order valence-electron chi connectivity index (χ0n) is 16.0. The van der Waals surface area contributed by atoms with Gasteiger partial charge in [-0.1, -0.05) is 54.6 Å². The van der Waals surface area contributed by atoms with Crippen molar-refractivity contribution in [1.82, 2.24) is 0 Å². The Labute approximate surface area is 175 Å². The van der Waals surface area contributed by atoms with Gasteiger partial charge in [-0.3, -0.25) is 0 Å². The first-order chi connectivity index (χ1) is 15.0. The number of hydrogen-bond donors (Lipinski definition) is 0. The van der Waals surface area contributed by atoms with Gasteiger partial charge >= 0.3 is 0 Å². The van der Waals surface area contributed by atoms with Crippen LogP contribution in [0.4, 0.5) is 22.0 Å². The van der Waals surface area contributed by atoms with Crippen LogP contribution in [0.1, 0.15) is 5.56 Å². The Morgan fingerprint density at radius 2 is 1.16 bits per heavy atom. The lowest BCUT2D eigenvalue weighted by molar-refractivity contribution is 0.285. The third kappa shape index (κ3) is 4.14. The minimum atomic E-state index is -1.36. The SMILES string of the molecule is Fc1cccc(-c2ccc(-c3ccc(OCc4ccccc4)c(F)c3F)c(F)c2F)c1. The van der Waals surface area contributed by atoms with Crippen molar-refractivity contribution in [2.45, 2.75) is 6.61 Å². The third-order valence-electron chi connectivity index (χ3n) is 4.79. The second-order valence-corrected chi connectivity index (χ2v) is 6.81. The van der Waals surface area contributed by atoms with E-state index in [2.05, 4.69) is 0 Å². The van der Waals surface area contributed by atoms with E-state index in [0.29, 0.717) is 0 Å². The topological polar surface area (TPSA) is 9.23 Å². The van der Waals surface area contributed by atoms with Crippen molar-refractivity contribution >= 4 is 0 Å². The highest BCUT2D eigenvalue weighted by molar-refractivity contribution is 5.72. The monoisotopic (exact) mass is 426 g/mol. The molecule has 0 N–H and O–H groups in total. The predicted molar refractivity (Wildman–Crippen MR) is 108 cm³/mol. The molecule has 0 radical (unpaired) electrons. The highest BCUT2D eigenvalue weighted by Gasteiger charge is 2.22. The van der Waals surface area contributed by atoms with Crippen LogP contribution in [0.5, 0.6) is 5.75 Å². The van der Waals surface area contributed by atoms with E-state index in [1.807, 2.05) is 6.07 Å². The fraction of sp³-hybridized carbons (Fsp3) is 0.0400. The van der Waals surface area contributed by atoms with Crippen LogP contribution in [-0.4, -0.2) is 0 Å². The van der Waals surface area contributed by atoms with Crippen molar-refractivity contribution < 1.29 is 26.7 Å².